The molecule has 0 aliphatic rings. The van der Waals surface area contributed by atoms with Gasteiger partial charge in [0.1, 0.15) is 5.82 Å². The molecule has 2 aromatic carbocycles. The minimum Gasteiger partial charge on any atom is -0.306 e. The van der Waals surface area contributed by atoms with E-state index in [9.17, 15) is 13.2 Å². The Kier molecular flexibility index (Phi) is 5.06. The first kappa shape index (κ1) is 16.0. The highest BCUT2D eigenvalue weighted by atomic mass is 79.9. The van der Waals surface area contributed by atoms with E-state index in [1.807, 2.05) is 32.0 Å². The molecular weight excluding hydrogens is 343 g/mol. The Morgan fingerprint density at radius 3 is 2.29 bits per heavy atom. The molecule has 0 aliphatic carbocycles. The molecule has 1 nitrogen and oxygen atoms in total. The first-order chi connectivity index (χ1) is 9.93. The molecule has 1 N–H and O–H groups in total. The van der Waals surface area contributed by atoms with Gasteiger partial charge in [0.2, 0.25) is 0 Å². The average Bonchev–Trinajstić information content (AvgIpc) is 2.41. The standard InChI is InChI=1S/C16H15BrF3N/c1-3-21-16(10-5-4-9(2)6-12(10)17)11-7-14(19)15(20)8-13(11)18/h4-8,16,21H,3H2,1-2H3. The molecule has 0 aliphatic heterocycles. The lowest BCUT2D eigenvalue weighted by molar-refractivity contribution is 0.481. The van der Waals surface area contributed by atoms with Crippen LogP contribution in [0.2, 0.25) is 0 Å². The number of hydrogen-bond acceptors (Lipinski definition) is 1. The Morgan fingerprint density at radius 1 is 1.00 bits per heavy atom. The number of aryl methyl sites for hydroxylation is 1. The van der Waals surface area contributed by atoms with Crippen LogP contribution >= 0.6 is 15.9 Å². The normalized spacial score (nSPS) is 12.5. The molecule has 5 heteroatoms. The molecule has 21 heavy (non-hydrogen) atoms. The first-order valence-electron chi connectivity index (χ1n) is 6.58. The van der Waals surface area contributed by atoms with Gasteiger partial charge < -0.3 is 5.32 Å². The summed E-state index contributed by atoms with van der Waals surface area (Å²) in [6, 6.07) is 6.56. The van der Waals surface area contributed by atoms with Gasteiger partial charge in [0.15, 0.2) is 11.6 Å². The highest BCUT2D eigenvalue weighted by molar-refractivity contribution is 9.10. The topological polar surface area (TPSA) is 12.0 Å². The zero-order valence-electron chi connectivity index (χ0n) is 11.7. The monoisotopic (exact) mass is 357 g/mol. The summed E-state index contributed by atoms with van der Waals surface area (Å²) < 4.78 is 41.4. The van der Waals surface area contributed by atoms with Crippen molar-refractivity contribution in [3.05, 3.63) is 68.9 Å². The van der Waals surface area contributed by atoms with Crippen molar-refractivity contribution in [2.75, 3.05) is 6.54 Å². The Morgan fingerprint density at radius 2 is 1.67 bits per heavy atom. The van der Waals surface area contributed by atoms with E-state index in [1.165, 1.54) is 0 Å². The Labute approximate surface area is 130 Å². The number of hydrogen-bond donors (Lipinski definition) is 1. The third-order valence-corrected chi connectivity index (χ3v) is 3.91. The van der Waals surface area contributed by atoms with Crippen molar-refractivity contribution in [2.24, 2.45) is 0 Å². The number of nitrogens with one attached hydrogen (secondary N) is 1. The fourth-order valence-electron chi connectivity index (χ4n) is 2.22. The fourth-order valence-corrected chi connectivity index (χ4v) is 2.94. The Bertz CT molecular complexity index is 658. The van der Waals surface area contributed by atoms with Crippen LogP contribution in [0.15, 0.2) is 34.8 Å². The van der Waals surface area contributed by atoms with Crippen LogP contribution in [0.3, 0.4) is 0 Å². The molecular formula is C16H15BrF3N. The average molecular weight is 358 g/mol. The predicted octanol–water partition coefficient (Wildman–Crippen LogP) is 4.87. The fraction of sp³-hybridized carbons (Fsp3) is 0.250. The van der Waals surface area contributed by atoms with Crippen molar-refractivity contribution in [1.82, 2.24) is 5.32 Å². The lowest BCUT2D eigenvalue weighted by Crippen LogP contribution is -2.23. The Hall–Kier alpha value is -1.33. The van der Waals surface area contributed by atoms with E-state index in [-0.39, 0.29) is 5.56 Å². The third-order valence-electron chi connectivity index (χ3n) is 3.23. The zero-order chi connectivity index (χ0) is 15.6. The van der Waals surface area contributed by atoms with Gasteiger partial charge in [-0.3, -0.25) is 0 Å². The van der Waals surface area contributed by atoms with Crippen molar-refractivity contribution in [3.63, 3.8) is 0 Å². The summed E-state index contributed by atoms with van der Waals surface area (Å²) in [5.41, 5.74) is 1.90. The molecule has 0 bridgehead atoms. The molecule has 0 amide bonds. The van der Waals surface area contributed by atoms with Gasteiger partial charge in [-0.15, -0.1) is 0 Å². The SMILES string of the molecule is CCNC(c1cc(F)c(F)cc1F)c1ccc(C)cc1Br. The number of halogens is 4. The highest BCUT2D eigenvalue weighted by Gasteiger charge is 2.21. The van der Waals surface area contributed by atoms with Crippen molar-refractivity contribution in [2.45, 2.75) is 19.9 Å². The van der Waals surface area contributed by atoms with Gasteiger partial charge in [0.05, 0.1) is 6.04 Å². The van der Waals surface area contributed by atoms with Gasteiger partial charge in [0.25, 0.3) is 0 Å². The van der Waals surface area contributed by atoms with Crippen molar-refractivity contribution in [1.29, 1.82) is 0 Å². The predicted molar refractivity (Wildman–Crippen MR) is 80.7 cm³/mol. The van der Waals surface area contributed by atoms with Crippen LogP contribution in [0.25, 0.3) is 0 Å². The van der Waals surface area contributed by atoms with Gasteiger partial charge in [-0.05, 0) is 36.7 Å². The highest BCUT2D eigenvalue weighted by Crippen LogP contribution is 2.31. The third kappa shape index (κ3) is 3.47. The van der Waals surface area contributed by atoms with Crippen LogP contribution in [0, 0.1) is 24.4 Å². The molecule has 0 spiro atoms. The van der Waals surface area contributed by atoms with Gasteiger partial charge in [-0.1, -0.05) is 35.0 Å². The summed E-state index contributed by atoms with van der Waals surface area (Å²) in [4.78, 5) is 0. The van der Waals surface area contributed by atoms with Gasteiger partial charge in [-0.2, -0.15) is 0 Å². The molecule has 0 heterocycles. The van der Waals surface area contributed by atoms with E-state index < -0.39 is 23.5 Å². The minimum absolute atomic E-state index is 0.0836. The van der Waals surface area contributed by atoms with E-state index in [0.29, 0.717) is 12.6 Å². The summed E-state index contributed by atoms with van der Waals surface area (Å²) in [7, 11) is 0. The maximum Gasteiger partial charge on any atom is 0.161 e. The molecule has 0 radical (unpaired) electrons. The van der Waals surface area contributed by atoms with E-state index in [1.54, 1.807) is 0 Å². The quantitative estimate of drug-likeness (QED) is 0.769. The lowest BCUT2D eigenvalue weighted by atomic mass is 9.97. The molecule has 2 rings (SSSR count). The largest absolute Gasteiger partial charge is 0.306 e. The van der Waals surface area contributed by atoms with Gasteiger partial charge >= 0.3 is 0 Å². The maximum absolute atomic E-state index is 14.0. The molecule has 2 aromatic rings. The molecule has 0 saturated carbocycles. The van der Waals surface area contributed by atoms with Crippen LogP contribution in [0.4, 0.5) is 13.2 Å². The number of rotatable bonds is 4. The van der Waals surface area contributed by atoms with Crippen LogP contribution in [0.5, 0.6) is 0 Å². The van der Waals surface area contributed by atoms with Crippen LogP contribution < -0.4 is 5.32 Å². The summed E-state index contributed by atoms with van der Waals surface area (Å²) >= 11 is 3.44. The Balaban J connectivity index is 2.55. The summed E-state index contributed by atoms with van der Waals surface area (Å²) in [6.45, 7) is 4.37. The molecule has 0 saturated heterocycles. The molecule has 1 unspecified atom stereocenters. The van der Waals surface area contributed by atoms with Crippen LogP contribution in [-0.2, 0) is 0 Å². The summed E-state index contributed by atoms with van der Waals surface area (Å²) in [5, 5.41) is 3.10. The van der Waals surface area contributed by atoms with E-state index in [2.05, 4.69) is 21.2 Å². The summed E-state index contributed by atoms with van der Waals surface area (Å²) in [6.07, 6.45) is 0. The second-order valence-corrected chi connectivity index (χ2v) is 5.66. The number of benzene rings is 2. The van der Waals surface area contributed by atoms with Gasteiger partial charge in [0, 0.05) is 16.1 Å². The van der Waals surface area contributed by atoms with E-state index >= 15 is 0 Å². The zero-order valence-corrected chi connectivity index (χ0v) is 13.3. The van der Waals surface area contributed by atoms with Crippen molar-refractivity contribution < 1.29 is 13.2 Å². The second kappa shape index (κ2) is 6.62. The summed E-state index contributed by atoms with van der Waals surface area (Å²) in [5.74, 6) is -3.01. The molecule has 0 aromatic heterocycles. The molecule has 112 valence electrons. The first-order valence-corrected chi connectivity index (χ1v) is 7.37. The lowest BCUT2D eigenvalue weighted by Gasteiger charge is -2.21. The maximum atomic E-state index is 14.0. The van der Waals surface area contributed by atoms with Crippen molar-refractivity contribution >= 4 is 15.9 Å². The minimum atomic E-state index is -1.19. The smallest absolute Gasteiger partial charge is 0.161 e. The van der Waals surface area contributed by atoms with Gasteiger partial charge in [-0.25, -0.2) is 13.2 Å². The molecule has 1 atom stereocenters. The second-order valence-electron chi connectivity index (χ2n) is 4.80. The van der Waals surface area contributed by atoms with Crippen LogP contribution in [-0.4, -0.2) is 6.54 Å². The molecule has 0 fully saturated rings. The van der Waals surface area contributed by atoms with E-state index in [0.717, 1.165) is 21.7 Å². The van der Waals surface area contributed by atoms with Crippen molar-refractivity contribution in [3.8, 4) is 0 Å². The van der Waals surface area contributed by atoms with E-state index in [4.69, 9.17) is 0 Å². The van der Waals surface area contributed by atoms with Crippen LogP contribution in [0.1, 0.15) is 29.7 Å².